The zero-order valence-corrected chi connectivity index (χ0v) is 14.5. The number of nitrogens with zero attached hydrogens (tertiary/aromatic N) is 1. The number of methoxy groups -OCH3 is 1. The number of amides is 1. The van der Waals surface area contributed by atoms with Crippen molar-refractivity contribution in [3.8, 4) is 11.5 Å². The molecule has 0 heterocycles. The molecule has 0 aliphatic carbocycles. The Morgan fingerprint density at radius 2 is 2.00 bits per heavy atom. The second-order valence-corrected chi connectivity index (χ2v) is 5.41. The van der Waals surface area contributed by atoms with Crippen LogP contribution in [0, 0.1) is 0 Å². The van der Waals surface area contributed by atoms with E-state index in [4.69, 9.17) is 26.2 Å². The Morgan fingerprint density at radius 3 is 2.48 bits per heavy atom. The normalized spacial score (nSPS) is 11.7. The molecule has 1 amide bonds. The summed E-state index contributed by atoms with van der Waals surface area (Å²) in [5.41, 5.74) is 0.261. The molecule has 0 saturated heterocycles. The smallest absolute Gasteiger partial charge is 0.323 e. The third kappa shape index (κ3) is 4.76. The van der Waals surface area contributed by atoms with Crippen LogP contribution in [-0.2, 0) is 4.79 Å². The summed E-state index contributed by atoms with van der Waals surface area (Å²) in [6, 6.07) is 2.76. The Bertz CT molecular complexity index is 576. The SMILES string of the molecule is CCOc1c(Cl)cc(C(=O)N(CC(=O)O)C(C)CC)cc1OC. The lowest BCUT2D eigenvalue weighted by molar-refractivity contribution is -0.138. The predicted molar refractivity (Wildman–Crippen MR) is 87.6 cm³/mol. The van der Waals surface area contributed by atoms with Crippen LogP contribution in [0.5, 0.6) is 11.5 Å². The maximum Gasteiger partial charge on any atom is 0.323 e. The zero-order chi connectivity index (χ0) is 17.6. The third-order valence-electron chi connectivity index (χ3n) is 3.45. The van der Waals surface area contributed by atoms with Crippen molar-refractivity contribution >= 4 is 23.5 Å². The van der Waals surface area contributed by atoms with Crippen molar-refractivity contribution < 1.29 is 24.2 Å². The topological polar surface area (TPSA) is 76.1 Å². The molecule has 0 radical (unpaired) electrons. The summed E-state index contributed by atoms with van der Waals surface area (Å²) in [6.07, 6.45) is 0.640. The van der Waals surface area contributed by atoms with E-state index in [1.54, 1.807) is 6.92 Å². The number of rotatable bonds is 8. The summed E-state index contributed by atoms with van der Waals surface area (Å²) >= 11 is 6.17. The fourth-order valence-electron chi connectivity index (χ4n) is 2.09. The van der Waals surface area contributed by atoms with Gasteiger partial charge < -0.3 is 19.5 Å². The Kier molecular flexibility index (Phi) is 7.16. The van der Waals surface area contributed by atoms with Crippen molar-refractivity contribution in [1.82, 2.24) is 4.90 Å². The molecule has 1 aromatic carbocycles. The van der Waals surface area contributed by atoms with Crippen LogP contribution in [0.2, 0.25) is 5.02 Å². The molecule has 0 fully saturated rings. The number of hydrogen-bond acceptors (Lipinski definition) is 4. The Morgan fingerprint density at radius 1 is 1.35 bits per heavy atom. The molecule has 7 heteroatoms. The quantitative estimate of drug-likeness (QED) is 0.785. The molecule has 6 nitrogen and oxygen atoms in total. The van der Waals surface area contributed by atoms with Gasteiger partial charge in [0, 0.05) is 11.6 Å². The van der Waals surface area contributed by atoms with Crippen molar-refractivity contribution in [2.45, 2.75) is 33.2 Å². The van der Waals surface area contributed by atoms with Crippen LogP contribution >= 0.6 is 11.6 Å². The first-order chi connectivity index (χ1) is 10.8. The lowest BCUT2D eigenvalue weighted by Crippen LogP contribution is -2.41. The van der Waals surface area contributed by atoms with E-state index in [0.29, 0.717) is 24.5 Å². The summed E-state index contributed by atoms with van der Waals surface area (Å²) in [5.74, 6) is -0.781. The summed E-state index contributed by atoms with van der Waals surface area (Å²) in [6.45, 7) is 5.53. The van der Waals surface area contributed by atoms with Gasteiger partial charge in [-0.05, 0) is 32.4 Å². The van der Waals surface area contributed by atoms with Crippen molar-refractivity contribution in [1.29, 1.82) is 0 Å². The highest BCUT2D eigenvalue weighted by Gasteiger charge is 2.25. The van der Waals surface area contributed by atoms with E-state index in [-0.39, 0.29) is 23.2 Å². The number of benzene rings is 1. The molecule has 0 aliphatic rings. The van der Waals surface area contributed by atoms with Gasteiger partial charge >= 0.3 is 5.97 Å². The average molecular weight is 344 g/mol. The monoisotopic (exact) mass is 343 g/mol. The maximum atomic E-state index is 12.7. The Labute approximate surface area is 140 Å². The molecule has 0 saturated carbocycles. The first-order valence-electron chi connectivity index (χ1n) is 7.38. The van der Waals surface area contributed by atoms with E-state index in [2.05, 4.69) is 0 Å². The van der Waals surface area contributed by atoms with Crippen LogP contribution in [0.25, 0.3) is 0 Å². The minimum atomic E-state index is -1.07. The molecule has 1 unspecified atom stereocenters. The summed E-state index contributed by atoms with van der Waals surface area (Å²) in [5, 5.41) is 9.27. The zero-order valence-electron chi connectivity index (χ0n) is 13.8. The van der Waals surface area contributed by atoms with Gasteiger partial charge in [-0.3, -0.25) is 9.59 Å². The number of ether oxygens (including phenoxy) is 2. The number of hydrogen-bond donors (Lipinski definition) is 1. The maximum absolute atomic E-state index is 12.7. The van der Waals surface area contributed by atoms with Gasteiger partial charge in [0.1, 0.15) is 6.54 Å². The lowest BCUT2D eigenvalue weighted by Gasteiger charge is -2.27. The van der Waals surface area contributed by atoms with Gasteiger partial charge in [0.2, 0.25) is 0 Å². The van der Waals surface area contributed by atoms with Gasteiger partial charge in [-0.25, -0.2) is 0 Å². The van der Waals surface area contributed by atoms with Crippen LogP contribution in [0.4, 0.5) is 0 Å². The van der Waals surface area contributed by atoms with Crippen LogP contribution in [0.3, 0.4) is 0 Å². The van der Waals surface area contributed by atoms with Gasteiger partial charge in [0.05, 0.1) is 18.7 Å². The van der Waals surface area contributed by atoms with Crippen LogP contribution in [-0.4, -0.2) is 48.2 Å². The highest BCUT2D eigenvalue weighted by molar-refractivity contribution is 6.32. The van der Waals surface area contributed by atoms with Crippen molar-refractivity contribution in [3.05, 3.63) is 22.7 Å². The van der Waals surface area contributed by atoms with Gasteiger partial charge in [0.25, 0.3) is 5.91 Å². The van der Waals surface area contributed by atoms with E-state index in [0.717, 1.165) is 0 Å². The van der Waals surface area contributed by atoms with Gasteiger partial charge in [0.15, 0.2) is 11.5 Å². The second kappa shape index (κ2) is 8.62. The third-order valence-corrected chi connectivity index (χ3v) is 3.74. The number of carboxylic acids is 1. The highest BCUT2D eigenvalue weighted by atomic mass is 35.5. The summed E-state index contributed by atoms with van der Waals surface area (Å²) in [4.78, 5) is 25.0. The van der Waals surface area contributed by atoms with E-state index >= 15 is 0 Å². The van der Waals surface area contributed by atoms with E-state index in [1.165, 1.54) is 24.1 Å². The molecule has 0 aliphatic heterocycles. The van der Waals surface area contributed by atoms with Crippen molar-refractivity contribution in [3.63, 3.8) is 0 Å². The molecular weight excluding hydrogens is 322 g/mol. The summed E-state index contributed by atoms with van der Waals surface area (Å²) < 4.78 is 10.6. The molecule has 23 heavy (non-hydrogen) atoms. The average Bonchev–Trinajstić information content (AvgIpc) is 2.52. The molecule has 0 aromatic heterocycles. The largest absolute Gasteiger partial charge is 0.493 e. The summed E-state index contributed by atoms with van der Waals surface area (Å²) in [7, 11) is 1.45. The number of carbonyl (C=O) groups is 2. The van der Waals surface area contributed by atoms with Crippen molar-refractivity contribution in [2.24, 2.45) is 0 Å². The number of halogens is 1. The van der Waals surface area contributed by atoms with E-state index < -0.39 is 11.9 Å². The van der Waals surface area contributed by atoms with E-state index in [9.17, 15) is 9.59 Å². The second-order valence-electron chi connectivity index (χ2n) is 5.01. The van der Waals surface area contributed by atoms with Crippen molar-refractivity contribution in [2.75, 3.05) is 20.3 Å². The Balaban J connectivity index is 3.24. The molecule has 1 atom stereocenters. The Hall–Kier alpha value is -1.95. The molecule has 0 spiro atoms. The molecular formula is C16H22ClNO5. The highest BCUT2D eigenvalue weighted by Crippen LogP contribution is 2.36. The molecule has 128 valence electrons. The number of aliphatic carboxylic acids is 1. The lowest BCUT2D eigenvalue weighted by atomic mass is 10.1. The predicted octanol–water partition coefficient (Wildman–Crippen LogP) is 3.07. The first-order valence-corrected chi connectivity index (χ1v) is 7.76. The molecule has 1 aromatic rings. The van der Waals surface area contributed by atoms with E-state index in [1.807, 2.05) is 13.8 Å². The minimum Gasteiger partial charge on any atom is -0.493 e. The molecule has 1 N–H and O–H groups in total. The van der Waals surface area contributed by atoms with Gasteiger partial charge in [-0.1, -0.05) is 18.5 Å². The number of carbonyl (C=O) groups excluding carboxylic acids is 1. The molecule has 1 rings (SSSR count). The number of carboxylic acid groups (broad SMARTS) is 1. The van der Waals surface area contributed by atoms with Gasteiger partial charge in [-0.15, -0.1) is 0 Å². The van der Waals surface area contributed by atoms with Crippen LogP contribution < -0.4 is 9.47 Å². The first kappa shape index (κ1) is 19.1. The van der Waals surface area contributed by atoms with Crippen LogP contribution in [0.1, 0.15) is 37.6 Å². The standard InChI is InChI=1S/C16H22ClNO5/c1-5-10(3)18(9-14(19)20)16(21)11-7-12(17)15(23-6-2)13(8-11)22-4/h7-8,10H,5-6,9H2,1-4H3,(H,19,20). The van der Waals surface area contributed by atoms with Crippen LogP contribution in [0.15, 0.2) is 12.1 Å². The fourth-order valence-corrected chi connectivity index (χ4v) is 2.35. The molecule has 0 bridgehead atoms. The minimum absolute atomic E-state index is 0.213. The fraction of sp³-hybridized carbons (Fsp3) is 0.500. The van der Waals surface area contributed by atoms with Gasteiger partial charge in [-0.2, -0.15) is 0 Å².